The van der Waals surface area contributed by atoms with Gasteiger partial charge in [-0.25, -0.2) is 13.8 Å². The fraction of sp³-hybridized carbons (Fsp3) is 0.111. The van der Waals surface area contributed by atoms with E-state index in [4.69, 9.17) is 4.74 Å². The fourth-order valence-electron chi connectivity index (χ4n) is 5.74. The van der Waals surface area contributed by atoms with Gasteiger partial charge in [0.25, 0.3) is 0 Å². The number of hydrogen-bond donors (Lipinski definition) is 0. The molecule has 0 aliphatic heterocycles. The van der Waals surface area contributed by atoms with E-state index in [1.165, 1.54) is 18.2 Å². The van der Waals surface area contributed by atoms with Gasteiger partial charge >= 0.3 is 20.4 Å². The van der Waals surface area contributed by atoms with Crippen molar-refractivity contribution >= 4 is 21.8 Å². The van der Waals surface area contributed by atoms with Crippen molar-refractivity contribution < 1.29 is 33.9 Å². The Morgan fingerprint density at radius 2 is 1.50 bits per heavy atom. The van der Waals surface area contributed by atoms with Crippen molar-refractivity contribution in [2.24, 2.45) is 0 Å². The molecule has 0 amide bonds. The zero-order chi connectivity index (χ0) is 29.8. The van der Waals surface area contributed by atoms with Crippen molar-refractivity contribution in [1.29, 1.82) is 0 Å². The maximum absolute atomic E-state index is 14.7. The van der Waals surface area contributed by atoms with Crippen molar-refractivity contribution in [1.82, 2.24) is 19.3 Å². The molecule has 0 saturated heterocycles. The molecule has 0 fully saturated rings. The van der Waals surface area contributed by atoms with Gasteiger partial charge in [-0.3, -0.25) is 4.68 Å². The van der Waals surface area contributed by atoms with Crippen molar-refractivity contribution in [3.05, 3.63) is 131 Å². The molecule has 7 rings (SSSR count). The third-order valence-electron chi connectivity index (χ3n) is 7.61. The molecule has 3 aromatic heterocycles. The maximum Gasteiger partial charge on any atom is 2.00 e. The van der Waals surface area contributed by atoms with Crippen LogP contribution in [-0.4, -0.2) is 19.3 Å². The summed E-state index contributed by atoms with van der Waals surface area (Å²) in [6.45, 7) is 7.52. The summed E-state index contributed by atoms with van der Waals surface area (Å²) >= 11 is 0. The molecule has 0 aliphatic rings. The molecule has 4 aromatic carbocycles. The normalized spacial score (nSPS) is 11.2. The van der Waals surface area contributed by atoms with Gasteiger partial charge in [0.1, 0.15) is 17.5 Å². The monoisotopic (exact) mass is 674 g/mol. The summed E-state index contributed by atoms with van der Waals surface area (Å²) in [6.07, 6.45) is 1.81. The number of para-hydroxylation sites is 1. The van der Waals surface area contributed by atoms with Gasteiger partial charge in [0.15, 0.2) is 0 Å². The molecular weight excluding hydrogens is 649 g/mol. The number of benzene rings is 4. The van der Waals surface area contributed by atoms with E-state index in [1.807, 2.05) is 62.4 Å². The predicted octanol–water partition coefficient (Wildman–Crippen LogP) is 8.93. The van der Waals surface area contributed by atoms with Crippen LogP contribution in [0.3, 0.4) is 0 Å². The number of pyridine rings is 1. The summed E-state index contributed by atoms with van der Waals surface area (Å²) in [6, 6.07) is 30.5. The summed E-state index contributed by atoms with van der Waals surface area (Å²) in [7, 11) is 0. The fourth-order valence-corrected chi connectivity index (χ4v) is 5.74. The van der Waals surface area contributed by atoms with Crippen LogP contribution in [0.5, 0.6) is 11.5 Å². The van der Waals surface area contributed by atoms with E-state index in [1.54, 1.807) is 24.7 Å². The molecule has 0 bridgehead atoms. The van der Waals surface area contributed by atoms with Crippen LogP contribution in [0.25, 0.3) is 44.4 Å². The van der Waals surface area contributed by atoms with Gasteiger partial charge < -0.3 is 9.30 Å². The minimum Gasteiger partial charge on any atom is -0.509 e. The minimum absolute atomic E-state index is 0. The number of ether oxygens (including phenoxy) is 1. The van der Waals surface area contributed by atoms with Gasteiger partial charge in [-0.1, -0.05) is 36.7 Å². The summed E-state index contributed by atoms with van der Waals surface area (Å²) < 4.78 is 39.5. The Balaban J connectivity index is 0.00000343. The third kappa shape index (κ3) is 5.00. The van der Waals surface area contributed by atoms with Crippen LogP contribution in [0.1, 0.15) is 22.5 Å². The number of aromatic nitrogens is 4. The Bertz CT molecular complexity index is 2180. The molecule has 0 spiro atoms. The smallest absolute Gasteiger partial charge is 0.509 e. The van der Waals surface area contributed by atoms with E-state index in [2.05, 4.69) is 38.9 Å². The molecule has 220 valence electrons. The van der Waals surface area contributed by atoms with Crippen LogP contribution < -0.4 is 4.74 Å². The summed E-state index contributed by atoms with van der Waals surface area (Å²) in [5, 5.41) is 6.76. The van der Waals surface area contributed by atoms with Gasteiger partial charge in [0, 0.05) is 34.5 Å². The first kappa shape index (κ1) is 29.4. The summed E-state index contributed by atoms with van der Waals surface area (Å²) in [4.78, 5) is 4.64. The van der Waals surface area contributed by atoms with Gasteiger partial charge in [-0.15, -0.1) is 35.7 Å². The van der Waals surface area contributed by atoms with E-state index >= 15 is 0 Å². The Hall–Kier alpha value is -4.64. The third-order valence-corrected chi connectivity index (χ3v) is 7.61. The number of nitrogens with zero attached hydrogens (tertiary/aromatic N) is 4. The first-order chi connectivity index (χ1) is 20.8. The van der Waals surface area contributed by atoms with Gasteiger partial charge in [0.05, 0.1) is 11.3 Å². The molecule has 44 heavy (non-hydrogen) atoms. The molecule has 5 nitrogen and oxygen atoms in total. The molecular formula is C36H26F2N4OPd. The van der Waals surface area contributed by atoms with E-state index in [9.17, 15) is 8.78 Å². The second-order valence-electron chi connectivity index (χ2n) is 10.7. The molecule has 0 atom stereocenters. The van der Waals surface area contributed by atoms with E-state index in [0.29, 0.717) is 34.1 Å². The minimum atomic E-state index is -0.632. The quantitative estimate of drug-likeness (QED) is 0.135. The van der Waals surface area contributed by atoms with E-state index in [0.717, 1.165) is 38.8 Å². The topological polar surface area (TPSA) is 44.9 Å². The number of rotatable bonds is 5. The molecule has 0 N–H and O–H groups in total. The van der Waals surface area contributed by atoms with Crippen molar-refractivity contribution in [3.63, 3.8) is 0 Å². The number of hydrogen-bond acceptors (Lipinski definition) is 3. The standard InChI is InChI=1S/C36H26F2N4O.Pd/c1-21-14-15-39-34(18-21)41-32-11-6-5-8-28(32)29-13-12-26(20-33(29)41)43-27-17-22(2)16-25(19-27)42-24(4)35(23(3)40-42)36-30(37)9-7-10-31(36)38;/h5-18H,1-4H3;/q-2;+2. The van der Waals surface area contributed by atoms with Gasteiger partial charge in [-0.05, 0) is 67.7 Å². The zero-order valence-electron chi connectivity index (χ0n) is 24.4. The van der Waals surface area contributed by atoms with Crippen LogP contribution in [0, 0.1) is 51.5 Å². The molecule has 0 radical (unpaired) electrons. The largest absolute Gasteiger partial charge is 2.00 e. The molecule has 0 unspecified atom stereocenters. The molecule has 0 saturated carbocycles. The van der Waals surface area contributed by atoms with Crippen molar-refractivity contribution in [2.75, 3.05) is 0 Å². The van der Waals surface area contributed by atoms with Gasteiger partial charge in [-0.2, -0.15) is 16.7 Å². The van der Waals surface area contributed by atoms with Crippen molar-refractivity contribution in [2.45, 2.75) is 27.7 Å². The Kier molecular flexibility index (Phi) is 7.67. The molecule has 3 heterocycles. The molecule has 0 aliphatic carbocycles. The molecule has 8 heteroatoms. The zero-order valence-corrected chi connectivity index (χ0v) is 25.9. The Morgan fingerprint density at radius 3 is 2.27 bits per heavy atom. The van der Waals surface area contributed by atoms with E-state index in [-0.39, 0.29) is 26.0 Å². The van der Waals surface area contributed by atoms with Crippen LogP contribution in [0.15, 0.2) is 85.1 Å². The predicted molar refractivity (Wildman–Crippen MR) is 164 cm³/mol. The first-order valence-electron chi connectivity index (χ1n) is 13.9. The van der Waals surface area contributed by atoms with Gasteiger partial charge in [0.2, 0.25) is 0 Å². The summed E-state index contributed by atoms with van der Waals surface area (Å²) in [5.74, 6) is 0.516. The van der Waals surface area contributed by atoms with Crippen LogP contribution in [0.2, 0.25) is 0 Å². The SMILES string of the molecule is Cc1cc(Oc2[c-]c3c(cc2)c2ccccc2n3-c2cc(C)ccn2)[c-]c(-n2nc(C)c(-c3c(F)cccc3F)c2C)c1.[Pd+2]. The Morgan fingerprint density at radius 1 is 0.727 bits per heavy atom. The van der Waals surface area contributed by atoms with Crippen LogP contribution in [-0.2, 0) is 20.4 Å². The van der Waals surface area contributed by atoms with Crippen molar-refractivity contribution in [3.8, 4) is 34.1 Å². The number of halogens is 2. The van der Waals surface area contributed by atoms with E-state index < -0.39 is 11.6 Å². The average molecular weight is 675 g/mol. The summed E-state index contributed by atoms with van der Waals surface area (Å²) in [5.41, 5.74) is 5.92. The second kappa shape index (κ2) is 11.5. The Labute approximate surface area is 267 Å². The van der Waals surface area contributed by atoms with Crippen LogP contribution >= 0.6 is 0 Å². The van der Waals surface area contributed by atoms with Crippen LogP contribution in [0.4, 0.5) is 8.78 Å². The second-order valence-corrected chi connectivity index (χ2v) is 10.7. The number of aryl methyl sites for hydroxylation is 3. The first-order valence-corrected chi connectivity index (χ1v) is 13.9. The molecule has 7 aromatic rings. The average Bonchev–Trinajstić information content (AvgIpc) is 3.46. The maximum atomic E-state index is 14.7. The number of fused-ring (bicyclic) bond motifs is 3.